The van der Waals surface area contributed by atoms with Crippen molar-refractivity contribution < 1.29 is 9.90 Å². The lowest BCUT2D eigenvalue weighted by Crippen LogP contribution is -2.08. The van der Waals surface area contributed by atoms with Gasteiger partial charge in [0.05, 0.1) is 17.7 Å². The van der Waals surface area contributed by atoms with Crippen molar-refractivity contribution in [2.45, 2.75) is 6.42 Å². The van der Waals surface area contributed by atoms with Crippen LogP contribution in [0.15, 0.2) is 22.7 Å². The lowest BCUT2D eigenvalue weighted by molar-refractivity contribution is -0.136. The van der Waals surface area contributed by atoms with Gasteiger partial charge in [0.25, 0.3) is 0 Å². The SMILES string of the molecule is N#Cc1c(Br)cccc1NCCC(=O)O. The summed E-state index contributed by atoms with van der Waals surface area (Å²) >= 11 is 3.25. The van der Waals surface area contributed by atoms with Crippen molar-refractivity contribution in [3.05, 3.63) is 28.2 Å². The van der Waals surface area contributed by atoms with Crippen LogP contribution >= 0.6 is 15.9 Å². The number of nitrogens with zero attached hydrogens (tertiary/aromatic N) is 1. The van der Waals surface area contributed by atoms with Crippen LogP contribution in [0, 0.1) is 11.3 Å². The van der Waals surface area contributed by atoms with Crippen molar-refractivity contribution in [1.29, 1.82) is 5.26 Å². The van der Waals surface area contributed by atoms with Gasteiger partial charge in [-0.15, -0.1) is 0 Å². The fraction of sp³-hybridized carbons (Fsp3) is 0.200. The Kier molecular flexibility index (Phi) is 4.13. The first-order valence-electron chi connectivity index (χ1n) is 4.29. The first-order chi connectivity index (χ1) is 7.15. The largest absolute Gasteiger partial charge is 0.481 e. The Hall–Kier alpha value is -1.54. The summed E-state index contributed by atoms with van der Waals surface area (Å²) in [6.07, 6.45) is 0.0252. The zero-order chi connectivity index (χ0) is 11.3. The first kappa shape index (κ1) is 11.5. The van der Waals surface area contributed by atoms with Crippen LogP contribution in [0.4, 0.5) is 5.69 Å². The third-order valence-corrected chi connectivity index (χ3v) is 2.44. The highest BCUT2D eigenvalue weighted by atomic mass is 79.9. The van der Waals surface area contributed by atoms with Gasteiger partial charge in [0.15, 0.2) is 0 Å². The van der Waals surface area contributed by atoms with Crippen molar-refractivity contribution in [2.24, 2.45) is 0 Å². The van der Waals surface area contributed by atoms with Crippen LogP contribution in [0.1, 0.15) is 12.0 Å². The molecule has 5 heteroatoms. The number of carbonyl (C=O) groups is 1. The minimum Gasteiger partial charge on any atom is -0.481 e. The summed E-state index contributed by atoms with van der Waals surface area (Å²) in [7, 11) is 0. The van der Waals surface area contributed by atoms with Gasteiger partial charge < -0.3 is 10.4 Å². The van der Waals surface area contributed by atoms with Gasteiger partial charge >= 0.3 is 5.97 Å². The molecule has 4 nitrogen and oxygen atoms in total. The average Bonchev–Trinajstić information content (AvgIpc) is 2.17. The zero-order valence-electron chi connectivity index (χ0n) is 7.83. The number of halogens is 1. The molecule has 0 aliphatic carbocycles. The molecular formula is C10H9BrN2O2. The quantitative estimate of drug-likeness (QED) is 0.878. The van der Waals surface area contributed by atoms with Gasteiger partial charge in [0, 0.05) is 11.0 Å². The fourth-order valence-corrected chi connectivity index (χ4v) is 1.54. The molecule has 0 aliphatic heterocycles. The monoisotopic (exact) mass is 268 g/mol. The predicted octanol–water partition coefficient (Wildman–Crippen LogP) is 2.21. The van der Waals surface area contributed by atoms with Crippen molar-refractivity contribution >= 4 is 27.6 Å². The second-order valence-corrected chi connectivity index (χ2v) is 3.70. The Labute approximate surface area is 95.7 Å². The Morgan fingerprint density at radius 2 is 2.33 bits per heavy atom. The van der Waals surface area contributed by atoms with Crippen LogP contribution in [-0.4, -0.2) is 17.6 Å². The molecule has 0 heterocycles. The summed E-state index contributed by atoms with van der Waals surface area (Å²) in [5, 5.41) is 20.2. The smallest absolute Gasteiger partial charge is 0.305 e. The number of rotatable bonds is 4. The van der Waals surface area contributed by atoms with Gasteiger partial charge in [-0.2, -0.15) is 5.26 Å². The zero-order valence-corrected chi connectivity index (χ0v) is 9.41. The molecule has 0 aromatic heterocycles. The number of nitrogens with one attached hydrogen (secondary N) is 1. The molecule has 0 spiro atoms. The molecule has 0 fully saturated rings. The van der Waals surface area contributed by atoms with Crippen LogP contribution in [0.2, 0.25) is 0 Å². The normalized spacial score (nSPS) is 9.33. The van der Waals surface area contributed by atoms with E-state index in [0.29, 0.717) is 22.3 Å². The van der Waals surface area contributed by atoms with E-state index in [4.69, 9.17) is 10.4 Å². The highest BCUT2D eigenvalue weighted by molar-refractivity contribution is 9.10. The van der Waals surface area contributed by atoms with Crippen LogP contribution in [0.25, 0.3) is 0 Å². The molecule has 15 heavy (non-hydrogen) atoms. The summed E-state index contributed by atoms with van der Waals surface area (Å²) in [4.78, 5) is 10.3. The minimum absolute atomic E-state index is 0.0252. The Balaban J connectivity index is 2.73. The van der Waals surface area contributed by atoms with Crippen LogP contribution in [0.5, 0.6) is 0 Å². The maximum absolute atomic E-state index is 10.3. The van der Waals surface area contributed by atoms with E-state index in [2.05, 4.69) is 21.2 Å². The predicted molar refractivity (Wildman–Crippen MR) is 59.6 cm³/mol. The highest BCUT2D eigenvalue weighted by Gasteiger charge is 2.05. The Morgan fingerprint density at radius 1 is 1.60 bits per heavy atom. The molecule has 0 amide bonds. The molecule has 1 rings (SSSR count). The van der Waals surface area contributed by atoms with E-state index >= 15 is 0 Å². The van der Waals surface area contributed by atoms with Crippen molar-refractivity contribution in [3.8, 4) is 6.07 Å². The van der Waals surface area contributed by atoms with Crippen molar-refractivity contribution in [2.75, 3.05) is 11.9 Å². The molecule has 0 saturated heterocycles. The van der Waals surface area contributed by atoms with Gasteiger partial charge in [-0.3, -0.25) is 4.79 Å². The molecule has 1 aromatic carbocycles. The molecule has 78 valence electrons. The standard InChI is InChI=1S/C10H9BrN2O2/c11-8-2-1-3-9(7(8)6-12)13-5-4-10(14)15/h1-3,13H,4-5H2,(H,14,15). The number of nitriles is 1. The number of hydrogen-bond donors (Lipinski definition) is 2. The Bertz CT molecular complexity index is 412. The van der Waals surface area contributed by atoms with Gasteiger partial charge in [0.2, 0.25) is 0 Å². The highest BCUT2D eigenvalue weighted by Crippen LogP contribution is 2.23. The molecule has 0 bridgehead atoms. The van der Waals surface area contributed by atoms with Gasteiger partial charge in [-0.05, 0) is 28.1 Å². The van der Waals surface area contributed by atoms with E-state index in [-0.39, 0.29) is 6.42 Å². The molecule has 0 atom stereocenters. The molecule has 0 saturated carbocycles. The molecule has 0 unspecified atom stereocenters. The topological polar surface area (TPSA) is 73.1 Å². The number of carboxylic acid groups (broad SMARTS) is 1. The average molecular weight is 269 g/mol. The lowest BCUT2D eigenvalue weighted by atomic mass is 10.2. The summed E-state index contributed by atoms with van der Waals surface area (Å²) in [6, 6.07) is 7.34. The van der Waals surface area contributed by atoms with E-state index in [1.54, 1.807) is 18.2 Å². The molecular weight excluding hydrogens is 260 g/mol. The lowest BCUT2D eigenvalue weighted by Gasteiger charge is -2.07. The number of carboxylic acids is 1. The van der Waals surface area contributed by atoms with Crippen LogP contribution < -0.4 is 5.32 Å². The summed E-state index contributed by atoms with van der Waals surface area (Å²) in [6.45, 7) is 0.306. The maximum atomic E-state index is 10.3. The second-order valence-electron chi connectivity index (χ2n) is 2.84. The van der Waals surface area contributed by atoms with Crippen molar-refractivity contribution in [3.63, 3.8) is 0 Å². The van der Waals surface area contributed by atoms with E-state index in [1.165, 1.54) is 0 Å². The Morgan fingerprint density at radius 3 is 2.93 bits per heavy atom. The number of anilines is 1. The minimum atomic E-state index is -0.865. The third-order valence-electron chi connectivity index (χ3n) is 1.78. The van der Waals surface area contributed by atoms with E-state index < -0.39 is 5.97 Å². The van der Waals surface area contributed by atoms with Crippen LogP contribution in [-0.2, 0) is 4.79 Å². The molecule has 2 N–H and O–H groups in total. The second kappa shape index (κ2) is 5.37. The number of aliphatic carboxylic acids is 1. The third kappa shape index (κ3) is 3.26. The molecule has 0 aliphatic rings. The van der Waals surface area contributed by atoms with Crippen LogP contribution in [0.3, 0.4) is 0 Å². The van der Waals surface area contributed by atoms with Gasteiger partial charge in [-0.1, -0.05) is 6.07 Å². The molecule has 0 radical (unpaired) electrons. The summed E-state index contributed by atoms with van der Waals surface area (Å²) in [5.74, 6) is -0.865. The van der Waals surface area contributed by atoms with E-state index in [0.717, 1.165) is 0 Å². The first-order valence-corrected chi connectivity index (χ1v) is 5.08. The fourth-order valence-electron chi connectivity index (χ4n) is 1.09. The van der Waals surface area contributed by atoms with E-state index in [1.807, 2.05) is 6.07 Å². The van der Waals surface area contributed by atoms with E-state index in [9.17, 15) is 4.79 Å². The van der Waals surface area contributed by atoms with Crippen molar-refractivity contribution in [1.82, 2.24) is 0 Å². The van der Waals surface area contributed by atoms with Gasteiger partial charge in [-0.25, -0.2) is 0 Å². The number of hydrogen-bond acceptors (Lipinski definition) is 3. The number of benzene rings is 1. The summed E-state index contributed by atoms with van der Waals surface area (Å²) < 4.78 is 0.699. The maximum Gasteiger partial charge on any atom is 0.305 e. The summed E-state index contributed by atoms with van der Waals surface area (Å²) in [5.41, 5.74) is 1.14. The van der Waals surface area contributed by atoms with Gasteiger partial charge in [0.1, 0.15) is 6.07 Å². The molecule has 1 aromatic rings.